The van der Waals surface area contributed by atoms with E-state index in [9.17, 15) is 13.2 Å². The maximum absolute atomic E-state index is 12.4. The maximum atomic E-state index is 12.4. The van der Waals surface area contributed by atoms with E-state index in [1.165, 1.54) is 30.4 Å². The number of aromatic nitrogens is 2. The summed E-state index contributed by atoms with van der Waals surface area (Å²) in [5.41, 5.74) is 1.24. The van der Waals surface area contributed by atoms with Crippen molar-refractivity contribution in [1.82, 2.24) is 10.2 Å². The Morgan fingerprint density at radius 3 is 2.62 bits per heavy atom. The molecule has 26 heavy (non-hydrogen) atoms. The van der Waals surface area contributed by atoms with Crippen LogP contribution in [0.2, 0.25) is 0 Å². The molecule has 4 nitrogen and oxygen atoms in total. The van der Waals surface area contributed by atoms with E-state index in [4.69, 9.17) is 4.42 Å². The monoisotopic (exact) mass is 424 g/mol. The van der Waals surface area contributed by atoms with Crippen LogP contribution < -0.4 is 4.74 Å². The number of ether oxygens (including phenoxy) is 1. The SMILES string of the molecule is FC(F)(F)Oc1ccccc1/C=C/c1nnc(Cc2cccc(Br)c2)o1. The second kappa shape index (κ2) is 7.74. The Bertz CT molecular complexity index is 923. The van der Waals surface area contributed by atoms with E-state index in [2.05, 4.69) is 30.9 Å². The van der Waals surface area contributed by atoms with Crippen LogP contribution in [-0.2, 0) is 6.42 Å². The second-order valence-corrected chi connectivity index (χ2v) is 6.18. The molecule has 0 aliphatic carbocycles. The van der Waals surface area contributed by atoms with Gasteiger partial charge in [0.25, 0.3) is 0 Å². The predicted octanol–water partition coefficient (Wildman–Crippen LogP) is 5.49. The van der Waals surface area contributed by atoms with Gasteiger partial charge in [0.1, 0.15) is 5.75 Å². The van der Waals surface area contributed by atoms with Gasteiger partial charge in [0.15, 0.2) is 0 Å². The van der Waals surface area contributed by atoms with Crippen LogP contribution in [0.3, 0.4) is 0 Å². The Labute approximate surface area is 155 Å². The smallest absolute Gasteiger partial charge is 0.421 e. The zero-order valence-corrected chi connectivity index (χ0v) is 14.8. The number of nitrogens with zero attached hydrogens (tertiary/aromatic N) is 2. The topological polar surface area (TPSA) is 48.2 Å². The Balaban J connectivity index is 1.73. The van der Waals surface area contributed by atoms with Crippen molar-refractivity contribution in [1.29, 1.82) is 0 Å². The van der Waals surface area contributed by atoms with Gasteiger partial charge in [0.2, 0.25) is 11.8 Å². The van der Waals surface area contributed by atoms with Crippen LogP contribution in [0.25, 0.3) is 12.2 Å². The Kier molecular flexibility index (Phi) is 5.41. The van der Waals surface area contributed by atoms with Crippen LogP contribution in [0.1, 0.15) is 22.9 Å². The number of rotatable bonds is 5. The molecule has 8 heteroatoms. The first-order valence-electron chi connectivity index (χ1n) is 7.49. The Morgan fingerprint density at radius 1 is 1.04 bits per heavy atom. The molecule has 0 unspecified atom stereocenters. The number of hydrogen-bond donors (Lipinski definition) is 0. The summed E-state index contributed by atoms with van der Waals surface area (Å²) >= 11 is 3.39. The van der Waals surface area contributed by atoms with Crippen LogP contribution in [0.15, 0.2) is 57.4 Å². The van der Waals surface area contributed by atoms with Crippen molar-refractivity contribution in [3.8, 4) is 5.75 Å². The van der Waals surface area contributed by atoms with Crippen LogP contribution in [0.5, 0.6) is 5.75 Å². The van der Waals surface area contributed by atoms with E-state index in [0.29, 0.717) is 12.3 Å². The molecule has 0 fully saturated rings. The average Bonchev–Trinajstić information content (AvgIpc) is 3.00. The number of benzene rings is 2. The summed E-state index contributed by atoms with van der Waals surface area (Å²) in [6.07, 6.45) is -1.44. The molecule has 0 aliphatic rings. The molecule has 0 saturated carbocycles. The minimum Gasteiger partial charge on any atom is -0.421 e. The van der Waals surface area contributed by atoms with Gasteiger partial charge < -0.3 is 9.15 Å². The fourth-order valence-corrected chi connectivity index (χ4v) is 2.67. The van der Waals surface area contributed by atoms with E-state index in [0.717, 1.165) is 10.0 Å². The highest BCUT2D eigenvalue weighted by molar-refractivity contribution is 9.10. The van der Waals surface area contributed by atoms with E-state index >= 15 is 0 Å². The third kappa shape index (κ3) is 5.19. The van der Waals surface area contributed by atoms with Gasteiger partial charge in [-0.2, -0.15) is 0 Å². The highest BCUT2D eigenvalue weighted by Crippen LogP contribution is 2.27. The summed E-state index contributed by atoms with van der Waals surface area (Å²) in [5, 5.41) is 7.82. The van der Waals surface area contributed by atoms with Crippen LogP contribution in [0.4, 0.5) is 13.2 Å². The molecule has 2 aromatic carbocycles. The predicted molar refractivity (Wildman–Crippen MR) is 93.3 cm³/mol. The molecule has 0 radical (unpaired) electrons. The summed E-state index contributed by atoms with van der Waals surface area (Å²) in [6.45, 7) is 0. The minimum absolute atomic E-state index is 0.191. The summed E-state index contributed by atoms with van der Waals surface area (Å²) in [7, 11) is 0. The minimum atomic E-state index is -4.76. The maximum Gasteiger partial charge on any atom is 0.573 e. The summed E-state index contributed by atoms with van der Waals surface area (Å²) in [6, 6.07) is 13.5. The van der Waals surface area contributed by atoms with Gasteiger partial charge in [-0.15, -0.1) is 23.4 Å². The quantitative estimate of drug-likeness (QED) is 0.543. The first kappa shape index (κ1) is 18.2. The van der Waals surface area contributed by atoms with Crippen LogP contribution >= 0.6 is 15.9 Å². The standard InChI is InChI=1S/C18H12BrF3N2O2/c19-14-6-3-4-12(10-14)11-17-24-23-16(25-17)9-8-13-5-1-2-7-15(13)26-18(20,21)22/h1-10H,11H2/b9-8+. The van der Waals surface area contributed by atoms with Gasteiger partial charge in [0.05, 0.1) is 6.42 Å². The average molecular weight is 425 g/mol. The first-order valence-corrected chi connectivity index (χ1v) is 8.28. The molecular formula is C18H12BrF3N2O2. The number of alkyl halides is 3. The van der Waals surface area contributed by atoms with Crippen molar-refractivity contribution >= 4 is 28.1 Å². The summed E-state index contributed by atoms with van der Waals surface area (Å²) in [5.74, 6) is 0.296. The first-order chi connectivity index (χ1) is 12.4. The van der Waals surface area contributed by atoms with E-state index in [1.807, 2.05) is 24.3 Å². The normalized spacial score (nSPS) is 11.8. The van der Waals surface area contributed by atoms with Crippen LogP contribution in [-0.4, -0.2) is 16.6 Å². The van der Waals surface area contributed by atoms with Crippen molar-refractivity contribution in [2.45, 2.75) is 12.8 Å². The molecule has 1 heterocycles. The highest BCUT2D eigenvalue weighted by atomic mass is 79.9. The lowest BCUT2D eigenvalue weighted by atomic mass is 10.1. The fourth-order valence-electron chi connectivity index (χ4n) is 2.22. The van der Waals surface area contributed by atoms with E-state index in [-0.39, 0.29) is 17.2 Å². The lowest BCUT2D eigenvalue weighted by molar-refractivity contribution is -0.274. The van der Waals surface area contributed by atoms with Gasteiger partial charge in [-0.1, -0.05) is 46.3 Å². The molecule has 0 N–H and O–H groups in total. The zero-order chi connectivity index (χ0) is 18.6. The Hall–Kier alpha value is -2.61. The third-order valence-electron chi connectivity index (χ3n) is 3.28. The van der Waals surface area contributed by atoms with Crippen molar-refractivity contribution in [3.63, 3.8) is 0 Å². The molecule has 0 aliphatic heterocycles. The molecule has 0 amide bonds. The highest BCUT2D eigenvalue weighted by Gasteiger charge is 2.31. The van der Waals surface area contributed by atoms with Gasteiger partial charge in [-0.05, 0) is 29.8 Å². The van der Waals surface area contributed by atoms with Crippen molar-refractivity contribution < 1.29 is 22.3 Å². The largest absolute Gasteiger partial charge is 0.573 e. The van der Waals surface area contributed by atoms with Gasteiger partial charge >= 0.3 is 6.36 Å². The van der Waals surface area contributed by atoms with Gasteiger partial charge in [-0.25, -0.2) is 0 Å². The molecular weight excluding hydrogens is 413 g/mol. The fraction of sp³-hybridized carbons (Fsp3) is 0.111. The lowest BCUT2D eigenvalue weighted by Gasteiger charge is -2.10. The molecule has 0 atom stereocenters. The van der Waals surface area contributed by atoms with E-state index < -0.39 is 6.36 Å². The summed E-state index contributed by atoms with van der Waals surface area (Å²) in [4.78, 5) is 0. The Morgan fingerprint density at radius 2 is 1.85 bits per heavy atom. The molecule has 1 aromatic heterocycles. The molecule has 0 spiro atoms. The number of para-hydroxylation sites is 1. The number of halogens is 4. The molecule has 3 aromatic rings. The number of hydrogen-bond acceptors (Lipinski definition) is 4. The molecule has 0 bridgehead atoms. The molecule has 134 valence electrons. The zero-order valence-electron chi connectivity index (χ0n) is 13.2. The van der Waals surface area contributed by atoms with Gasteiger partial charge in [-0.3, -0.25) is 0 Å². The van der Waals surface area contributed by atoms with Crippen LogP contribution in [0, 0.1) is 0 Å². The van der Waals surface area contributed by atoms with Crippen molar-refractivity contribution in [3.05, 3.63) is 75.9 Å². The third-order valence-corrected chi connectivity index (χ3v) is 3.77. The lowest BCUT2D eigenvalue weighted by Crippen LogP contribution is -2.17. The van der Waals surface area contributed by atoms with Crippen molar-refractivity contribution in [2.75, 3.05) is 0 Å². The second-order valence-electron chi connectivity index (χ2n) is 5.26. The summed E-state index contributed by atoms with van der Waals surface area (Å²) < 4.78 is 47.7. The molecule has 3 rings (SSSR count). The van der Waals surface area contributed by atoms with E-state index in [1.54, 1.807) is 6.07 Å². The van der Waals surface area contributed by atoms with Gasteiger partial charge in [0, 0.05) is 16.1 Å². The molecule has 0 saturated heterocycles. The van der Waals surface area contributed by atoms with Crippen molar-refractivity contribution in [2.24, 2.45) is 0 Å².